The molecule has 0 bridgehead atoms. The first-order chi connectivity index (χ1) is 28.4. The number of rotatable bonds is 17. The summed E-state index contributed by atoms with van der Waals surface area (Å²) in [5.41, 5.74) is 2.33. The summed E-state index contributed by atoms with van der Waals surface area (Å²) in [5, 5.41) is 24.2. The van der Waals surface area contributed by atoms with E-state index in [1.54, 1.807) is 36.4 Å². The van der Waals surface area contributed by atoms with Crippen LogP contribution < -0.4 is 5.32 Å². The van der Waals surface area contributed by atoms with Crippen LogP contribution in [0.3, 0.4) is 0 Å². The zero-order valence-corrected chi connectivity index (χ0v) is 33.3. The summed E-state index contributed by atoms with van der Waals surface area (Å²) < 4.78 is 34.6. The lowest BCUT2D eigenvalue weighted by Crippen LogP contribution is -2.36. The van der Waals surface area contributed by atoms with Crippen LogP contribution in [-0.2, 0) is 35.0 Å². The molecule has 1 saturated heterocycles. The molecule has 1 unspecified atom stereocenters. The van der Waals surface area contributed by atoms with Crippen LogP contribution in [0.1, 0.15) is 54.3 Å². The number of thiocarbonyl (C=S) groups is 1. The molecule has 1 aromatic carbocycles. The number of isothiocyanates is 1. The number of benzene rings is 1. The molecule has 58 heavy (non-hydrogen) atoms. The highest BCUT2D eigenvalue weighted by Gasteiger charge is 2.25. The van der Waals surface area contributed by atoms with Crippen LogP contribution in [0.2, 0.25) is 0 Å². The molecule has 1 amide bonds. The maximum absolute atomic E-state index is 12.9. The summed E-state index contributed by atoms with van der Waals surface area (Å²) in [6.45, 7) is 7.76. The highest BCUT2D eigenvalue weighted by atomic mass is 32.1. The summed E-state index contributed by atoms with van der Waals surface area (Å²) >= 11 is 4.52. The number of carboxylic acids is 2. The number of nitrogens with one attached hydrogen (secondary N) is 1. The van der Waals surface area contributed by atoms with Gasteiger partial charge in [-0.25, -0.2) is 24.5 Å². The summed E-state index contributed by atoms with van der Waals surface area (Å²) in [4.78, 5) is 53.0. The maximum Gasteiger partial charge on any atom is 0.354 e. The number of carboxylic acid groups (broad SMARTS) is 2. The third-order valence-corrected chi connectivity index (χ3v) is 8.87. The van der Waals surface area contributed by atoms with Crippen LogP contribution in [0.4, 0.5) is 0 Å². The number of aromatic nitrogens is 2. The van der Waals surface area contributed by atoms with Crippen molar-refractivity contribution >= 4 is 35.2 Å². The van der Waals surface area contributed by atoms with Crippen molar-refractivity contribution in [2.75, 3.05) is 119 Å². The van der Waals surface area contributed by atoms with E-state index in [1.165, 1.54) is 12.1 Å². The fraction of sp³-hybridized carbons (Fsp3) is 0.500. The number of pyridine rings is 2. The van der Waals surface area contributed by atoms with Crippen molar-refractivity contribution in [1.82, 2.24) is 25.1 Å². The van der Waals surface area contributed by atoms with Gasteiger partial charge in [0.25, 0.3) is 5.91 Å². The molecule has 0 aliphatic carbocycles. The van der Waals surface area contributed by atoms with Gasteiger partial charge in [0.15, 0.2) is 0 Å². The molecule has 18 heteroatoms. The third-order valence-electron chi connectivity index (χ3n) is 8.74. The van der Waals surface area contributed by atoms with E-state index < -0.39 is 18.0 Å². The van der Waals surface area contributed by atoms with E-state index >= 15 is 0 Å². The van der Waals surface area contributed by atoms with Crippen LogP contribution >= 0.6 is 12.2 Å². The molecule has 1 aliphatic heterocycles. The minimum Gasteiger partial charge on any atom is -0.477 e. The molecular weight excluding hydrogens is 773 g/mol. The third kappa shape index (κ3) is 17.1. The molecule has 3 aromatic rings. The van der Waals surface area contributed by atoms with E-state index in [0.29, 0.717) is 142 Å². The van der Waals surface area contributed by atoms with E-state index in [9.17, 15) is 24.6 Å². The Morgan fingerprint density at radius 1 is 0.741 bits per heavy atom. The molecule has 1 fully saturated rings. The monoisotopic (exact) mass is 824 g/mol. The summed E-state index contributed by atoms with van der Waals surface area (Å²) in [7, 11) is 0. The Balaban J connectivity index is 1.37. The van der Waals surface area contributed by atoms with Crippen molar-refractivity contribution in [3.8, 4) is 0 Å². The van der Waals surface area contributed by atoms with Crippen molar-refractivity contribution in [3.63, 3.8) is 0 Å². The van der Waals surface area contributed by atoms with Gasteiger partial charge in [-0.1, -0.05) is 24.3 Å². The Hall–Kier alpha value is -4.59. The molecule has 314 valence electrons. The van der Waals surface area contributed by atoms with E-state index in [1.807, 2.05) is 12.1 Å². The quantitative estimate of drug-likeness (QED) is 0.102. The number of aliphatic imine (C=N–C) groups is 1. The minimum atomic E-state index is -1.14. The first-order valence-corrected chi connectivity index (χ1v) is 19.5. The number of hydrogen-bond donors (Lipinski definition) is 3. The van der Waals surface area contributed by atoms with E-state index in [-0.39, 0.29) is 17.3 Å². The SMILES string of the molecule is O=C(NCCOCCOCCN=C=S)c1ccc(C(c2cccc(C(=O)O)n2)N2CCOCCOCCN(Cc3cccc(C(=O)O)n3)CCOCCOCC2)cc1. The molecule has 1 aliphatic rings. The Labute approximate surface area is 343 Å². The minimum absolute atomic E-state index is 0.00353. The smallest absolute Gasteiger partial charge is 0.354 e. The van der Waals surface area contributed by atoms with Gasteiger partial charge in [-0.05, 0) is 54.2 Å². The zero-order chi connectivity index (χ0) is 41.2. The molecular formula is C40H52N6O11S. The lowest BCUT2D eigenvalue weighted by molar-refractivity contribution is 0.00331. The largest absolute Gasteiger partial charge is 0.477 e. The van der Waals surface area contributed by atoms with Gasteiger partial charge in [0, 0.05) is 44.8 Å². The first-order valence-electron chi connectivity index (χ1n) is 19.1. The molecule has 0 spiro atoms. The van der Waals surface area contributed by atoms with Gasteiger partial charge in [-0.2, -0.15) is 0 Å². The molecule has 0 saturated carbocycles. The van der Waals surface area contributed by atoms with Crippen molar-refractivity contribution in [2.24, 2.45) is 4.99 Å². The van der Waals surface area contributed by atoms with Crippen LogP contribution in [-0.4, -0.2) is 172 Å². The average molecular weight is 825 g/mol. The standard InChI is InChI=1S/C40H52N6O11S/c47-38(42-12-18-53-24-23-52-17-11-41-30-58)32-9-7-31(8-10-32)37(34-4-2-6-36(44-34)40(50)51)46-15-21-56-27-25-54-19-13-45(14-20-55-26-28-57-22-16-46)29-33-3-1-5-35(43-33)39(48)49/h1-10,37H,11-29H2,(H,42,47)(H,48,49)(H,50,51). The predicted molar refractivity (Wildman–Crippen MR) is 215 cm³/mol. The van der Waals surface area contributed by atoms with Crippen molar-refractivity contribution in [3.05, 3.63) is 94.6 Å². The van der Waals surface area contributed by atoms with Gasteiger partial charge in [-0.15, -0.1) is 0 Å². The highest BCUT2D eigenvalue weighted by molar-refractivity contribution is 7.78. The van der Waals surface area contributed by atoms with Crippen molar-refractivity contribution in [2.45, 2.75) is 12.6 Å². The topological polar surface area (TPSA) is 204 Å². The first kappa shape index (κ1) is 46.1. The zero-order valence-electron chi connectivity index (χ0n) is 32.5. The van der Waals surface area contributed by atoms with Crippen molar-refractivity contribution < 1.29 is 53.0 Å². The molecule has 17 nitrogen and oxygen atoms in total. The molecule has 2 aromatic heterocycles. The molecule has 3 heterocycles. The van der Waals surface area contributed by atoms with Crippen LogP contribution in [0.5, 0.6) is 0 Å². The number of amides is 1. The number of aromatic carboxylic acids is 2. The molecule has 0 radical (unpaired) electrons. The van der Waals surface area contributed by atoms with Gasteiger partial charge in [0.2, 0.25) is 0 Å². The number of hydrogen-bond acceptors (Lipinski definition) is 15. The lowest BCUT2D eigenvalue weighted by Gasteiger charge is -2.32. The second-order valence-corrected chi connectivity index (χ2v) is 13.0. The summed E-state index contributed by atoms with van der Waals surface area (Å²) in [6.07, 6.45) is 0. The van der Waals surface area contributed by atoms with E-state index in [4.69, 9.17) is 28.4 Å². The van der Waals surface area contributed by atoms with Gasteiger partial charge >= 0.3 is 11.9 Å². The second kappa shape index (κ2) is 27.2. The number of carbonyl (C=O) groups excluding carboxylic acids is 1. The lowest BCUT2D eigenvalue weighted by atomic mass is 9.99. The normalized spacial score (nSPS) is 16.3. The maximum atomic E-state index is 12.9. The Bertz CT molecular complexity index is 1730. The van der Waals surface area contributed by atoms with Crippen LogP contribution in [0.25, 0.3) is 0 Å². The Morgan fingerprint density at radius 3 is 1.91 bits per heavy atom. The van der Waals surface area contributed by atoms with Gasteiger partial charge in [0.05, 0.1) is 108 Å². The number of ether oxygens (including phenoxy) is 6. The van der Waals surface area contributed by atoms with E-state index in [0.717, 1.165) is 5.56 Å². The Kier molecular flexibility index (Phi) is 21.6. The average Bonchev–Trinajstić information content (AvgIpc) is 3.23. The van der Waals surface area contributed by atoms with Gasteiger partial charge in [0.1, 0.15) is 11.4 Å². The summed E-state index contributed by atoms with van der Waals surface area (Å²) in [6, 6.07) is 16.5. The summed E-state index contributed by atoms with van der Waals surface area (Å²) in [5.74, 6) is -2.47. The number of carbonyl (C=O) groups is 3. The van der Waals surface area contributed by atoms with Crippen molar-refractivity contribution in [1.29, 1.82) is 0 Å². The Morgan fingerprint density at radius 2 is 1.31 bits per heavy atom. The fourth-order valence-corrected chi connectivity index (χ4v) is 5.97. The molecule has 1 atom stereocenters. The van der Waals surface area contributed by atoms with Crippen LogP contribution in [0.15, 0.2) is 65.7 Å². The van der Waals surface area contributed by atoms with E-state index in [2.05, 4.69) is 47.5 Å². The second-order valence-electron chi connectivity index (χ2n) is 12.8. The van der Waals surface area contributed by atoms with Gasteiger partial charge in [-0.3, -0.25) is 14.6 Å². The fourth-order valence-electron chi connectivity index (χ4n) is 5.88. The molecule has 3 N–H and O–H groups in total. The molecule has 4 rings (SSSR count). The van der Waals surface area contributed by atoms with Gasteiger partial charge < -0.3 is 44.0 Å². The predicted octanol–water partition coefficient (Wildman–Crippen LogP) is 2.71. The highest BCUT2D eigenvalue weighted by Crippen LogP contribution is 2.28. The number of nitrogens with zero attached hydrogens (tertiary/aromatic N) is 5. The van der Waals surface area contributed by atoms with Crippen LogP contribution in [0, 0.1) is 0 Å².